The van der Waals surface area contributed by atoms with Crippen molar-refractivity contribution in [2.45, 2.75) is 0 Å². The summed E-state index contributed by atoms with van der Waals surface area (Å²) in [6, 6.07) is 0. The predicted octanol–water partition coefficient (Wildman–Crippen LogP) is -5.10. The first kappa shape index (κ1) is 22.4. The van der Waals surface area contributed by atoms with Crippen LogP contribution in [-0.4, -0.2) is 93.0 Å². The maximum Gasteiger partial charge on any atom is 2.00 e. The van der Waals surface area contributed by atoms with Crippen LogP contribution in [0.25, 0.3) is 0 Å². The zero-order chi connectivity index (χ0) is 4.50. The third-order valence-corrected chi connectivity index (χ3v) is 0. The fourth-order valence-corrected chi connectivity index (χ4v) is 0. The van der Waals surface area contributed by atoms with Crippen molar-refractivity contribution < 1.29 is 22.2 Å². The standard InChI is InChI=1S/2Ca.FH.H2O4S/c;;;1-5(2,3)4/h;;1H;(H2,1,2,3,4)/q2*+2;;/p-3. The number of rotatable bonds is 0. The second-order valence-electron chi connectivity index (χ2n) is 0.408. The fourth-order valence-electron chi connectivity index (χ4n) is 0. The van der Waals surface area contributed by atoms with Gasteiger partial charge in [-0.05, 0) is 0 Å². The topological polar surface area (TPSA) is 80.3 Å². The van der Waals surface area contributed by atoms with E-state index < -0.39 is 10.4 Å². The van der Waals surface area contributed by atoms with Crippen LogP contribution in [0, 0.1) is 0 Å². The van der Waals surface area contributed by atoms with Crippen LogP contribution < -0.4 is 4.70 Å². The molecule has 0 fully saturated rings. The van der Waals surface area contributed by atoms with E-state index in [0.29, 0.717) is 0 Å². The average molecular weight is 195 g/mol. The Morgan fingerprint density at radius 2 is 1.00 bits per heavy atom. The van der Waals surface area contributed by atoms with Gasteiger partial charge in [0.15, 0.2) is 0 Å². The Labute approximate surface area is 106 Å². The van der Waals surface area contributed by atoms with E-state index in [-0.39, 0.29) is 80.2 Å². The molecule has 0 bridgehead atoms. The Hall–Kier alpha value is 2.32. The van der Waals surface area contributed by atoms with E-state index >= 15 is 0 Å². The molecule has 0 saturated carbocycles. The molecule has 8 heavy (non-hydrogen) atoms. The molecule has 0 aromatic carbocycles. The van der Waals surface area contributed by atoms with Gasteiger partial charge in [0, 0.05) is 10.4 Å². The molecular formula is Ca2FO4S+. The van der Waals surface area contributed by atoms with Crippen molar-refractivity contribution in [3.63, 3.8) is 0 Å². The van der Waals surface area contributed by atoms with Crippen LogP contribution in [0.3, 0.4) is 0 Å². The summed E-state index contributed by atoms with van der Waals surface area (Å²) in [5, 5.41) is 0. The molecule has 0 aliphatic carbocycles. The van der Waals surface area contributed by atoms with E-state index in [1.807, 2.05) is 0 Å². The molecule has 0 saturated heterocycles. The van der Waals surface area contributed by atoms with Gasteiger partial charge in [-0.1, -0.05) is 0 Å². The van der Waals surface area contributed by atoms with Gasteiger partial charge in [-0.3, -0.25) is 8.42 Å². The summed E-state index contributed by atoms with van der Waals surface area (Å²) >= 11 is 0. The molecule has 0 radical (unpaired) electrons. The summed E-state index contributed by atoms with van der Waals surface area (Å²) < 4.78 is 34.1. The summed E-state index contributed by atoms with van der Waals surface area (Å²) in [4.78, 5) is 0. The van der Waals surface area contributed by atoms with E-state index in [1.54, 1.807) is 0 Å². The van der Waals surface area contributed by atoms with E-state index in [0.717, 1.165) is 0 Å². The van der Waals surface area contributed by atoms with Gasteiger partial charge in [-0.2, -0.15) is 0 Å². The van der Waals surface area contributed by atoms with Gasteiger partial charge in [0.1, 0.15) is 0 Å². The van der Waals surface area contributed by atoms with Crippen LogP contribution in [0.2, 0.25) is 0 Å². The minimum atomic E-state index is -5.17. The van der Waals surface area contributed by atoms with Gasteiger partial charge < -0.3 is 13.8 Å². The first-order valence-electron chi connectivity index (χ1n) is 0.667. The van der Waals surface area contributed by atoms with Crippen molar-refractivity contribution in [2.75, 3.05) is 0 Å². The molecule has 0 atom stereocenters. The molecule has 0 aliphatic rings. The van der Waals surface area contributed by atoms with Gasteiger partial charge in [0.25, 0.3) is 0 Å². The Kier molecular flexibility index (Phi) is 26.1. The van der Waals surface area contributed by atoms with Gasteiger partial charge in [0.05, 0.1) is 0 Å². The van der Waals surface area contributed by atoms with Crippen LogP contribution in [0.5, 0.6) is 0 Å². The maximum absolute atomic E-state index is 8.52. The number of hydrogen-bond acceptors (Lipinski definition) is 4. The number of hydrogen-bond donors (Lipinski definition) is 0. The molecule has 0 rings (SSSR count). The summed E-state index contributed by atoms with van der Waals surface area (Å²) in [7, 11) is -5.17. The van der Waals surface area contributed by atoms with Crippen molar-refractivity contribution >= 4 is 85.9 Å². The van der Waals surface area contributed by atoms with Crippen molar-refractivity contribution in [3.8, 4) is 0 Å². The van der Waals surface area contributed by atoms with Gasteiger partial charge in [-0.25, -0.2) is 0 Å². The largest absolute Gasteiger partial charge is 2.00 e. The maximum atomic E-state index is 8.52. The molecule has 4 nitrogen and oxygen atoms in total. The second kappa shape index (κ2) is 9.32. The molecule has 0 aromatic heterocycles. The summed E-state index contributed by atoms with van der Waals surface area (Å²) in [5.74, 6) is 0. The minimum absolute atomic E-state index is 0. The molecule has 0 spiro atoms. The van der Waals surface area contributed by atoms with E-state index in [1.165, 1.54) is 0 Å². The predicted molar refractivity (Wildman–Crippen MR) is 22.0 cm³/mol. The van der Waals surface area contributed by atoms with Crippen LogP contribution >= 0.6 is 0 Å². The first-order valence-corrected chi connectivity index (χ1v) is 2.00. The van der Waals surface area contributed by atoms with Crippen LogP contribution in [0.1, 0.15) is 0 Å². The quantitative estimate of drug-likeness (QED) is 0.220. The molecule has 0 N–H and O–H groups in total. The van der Waals surface area contributed by atoms with E-state index in [2.05, 4.69) is 0 Å². The van der Waals surface area contributed by atoms with Crippen LogP contribution in [-0.2, 0) is 10.4 Å². The molecule has 40 valence electrons. The molecule has 8 heteroatoms. The zero-order valence-corrected chi connectivity index (χ0v) is 9.07. The Balaban J connectivity index is -0.0000000267. The van der Waals surface area contributed by atoms with E-state index in [9.17, 15) is 0 Å². The average Bonchev–Trinajstić information content (AvgIpc) is 0.722. The molecule has 0 heterocycles. The zero-order valence-electron chi connectivity index (χ0n) is 3.83. The summed E-state index contributed by atoms with van der Waals surface area (Å²) in [5.41, 5.74) is 0. The Morgan fingerprint density at radius 3 is 1.00 bits per heavy atom. The summed E-state index contributed by atoms with van der Waals surface area (Å²) in [6.45, 7) is 0. The van der Waals surface area contributed by atoms with Gasteiger partial charge >= 0.3 is 75.5 Å². The molecule has 0 amide bonds. The minimum Gasteiger partial charge on any atom is -1.00 e. The Morgan fingerprint density at radius 1 is 1.00 bits per heavy atom. The third kappa shape index (κ3) is 82.8. The summed E-state index contributed by atoms with van der Waals surface area (Å²) in [6.07, 6.45) is 0. The van der Waals surface area contributed by atoms with Gasteiger partial charge in [-0.15, -0.1) is 0 Å². The molecule has 0 aliphatic heterocycles. The smallest absolute Gasteiger partial charge is 1.00 e. The molecule has 0 aromatic rings. The van der Waals surface area contributed by atoms with Crippen molar-refractivity contribution in [1.29, 1.82) is 0 Å². The number of halogens is 1. The van der Waals surface area contributed by atoms with E-state index in [4.69, 9.17) is 17.5 Å². The SMILES string of the molecule is O=S(=O)([O-])[O-].[Ca+2].[Ca+2].[F-]. The first-order chi connectivity index (χ1) is 2.00. The molecular weight excluding hydrogens is 195 g/mol. The normalized spacial score (nSPS) is 7.25. The van der Waals surface area contributed by atoms with Crippen molar-refractivity contribution in [1.82, 2.24) is 0 Å². The third-order valence-electron chi connectivity index (χ3n) is 0. The van der Waals surface area contributed by atoms with Crippen molar-refractivity contribution in [2.24, 2.45) is 0 Å². The fraction of sp³-hybridized carbons (Fsp3) is 0. The Bertz CT molecular complexity index is 97.2. The van der Waals surface area contributed by atoms with Crippen LogP contribution in [0.4, 0.5) is 0 Å². The van der Waals surface area contributed by atoms with Gasteiger partial charge in [0.2, 0.25) is 0 Å². The van der Waals surface area contributed by atoms with Crippen LogP contribution in [0.15, 0.2) is 0 Å². The molecule has 0 unspecified atom stereocenters. The monoisotopic (exact) mass is 195 g/mol. The second-order valence-corrected chi connectivity index (χ2v) is 1.22. The van der Waals surface area contributed by atoms with Crippen molar-refractivity contribution in [3.05, 3.63) is 0 Å².